The van der Waals surface area contributed by atoms with E-state index in [1.807, 2.05) is 0 Å². The lowest BCUT2D eigenvalue weighted by Crippen LogP contribution is -2.51. The fourth-order valence-electron chi connectivity index (χ4n) is 2.92. The number of aliphatic carboxylic acids is 1. The van der Waals surface area contributed by atoms with Gasteiger partial charge >= 0.3 is 12.0 Å². The Bertz CT molecular complexity index is 358. The van der Waals surface area contributed by atoms with Crippen molar-refractivity contribution < 1.29 is 14.7 Å². The third-order valence-electron chi connectivity index (χ3n) is 4.60. The first kappa shape index (κ1) is 16.8. The lowest BCUT2D eigenvalue weighted by Gasteiger charge is -2.40. The Morgan fingerprint density at radius 1 is 1.25 bits per heavy atom. The average molecular weight is 284 g/mol. The Morgan fingerprint density at radius 3 is 2.15 bits per heavy atom. The van der Waals surface area contributed by atoms with E-state index in [1.54, 1.807) is 25.9 Å². The van der Waals surface area contributed by atoms with Crippen LogP contribution in [0, 0.1) is 5.41 Å². The molecule has 1 unspecified atom stereocenters. The normalized spacial score (nSPS) is 20.2. The second kappa shape index (κ2) is 6.46. The van der Waals surface area contributed by atoms with E-state index >= 15 is 0 Å². The third kappa shape index (κ3) is 3.87. The molecule has 0 aromatic carbocycles. The Balaban J connectivity index is 2.65. The van der Waals surface area contributed by atoms with Crippen molar-refractivity contribution in [1.82, 2.24) is 9.80 Å². The standard InChI is InChI=1S/C15H28N2O3/c1-6-12(13(18)19)17(5)14(20)16(4)11-7-9-15(2,3)10-8-11/h11-12H,6-10H2,1-5H3,(H,18,19). The summed E-state index contributed by atoms with van der Waals surface area (Å²) in [4.78, 5) is 26.6. The molecule has 0 aromatic heterocycles. The van der Waals surface area contributed by atoms with Crippen LogP contribution in [-0.2, 0) is 4.79 Å². The van der Waals surface area contributed by atoms with Gasteiger partial charge in [0.05, 0.1) is 0 Å². The number of amides is 2. The lowest BCUT2D eigenvalue weighted by molar-refractivity contribution is -0.142. The number of rotatable bonds is 4. The fourth-order valence-corrected chi connectivity index (χ4v) is 2.92. The molecule has 1 aliphatic rings. The molecule has 1 N–H and O–H groups in total. The summed E-state index contributed by atoms with van der Waals surface area (Å²) in [5.41, 5.74) is 0.360. The number of nitrogens with zero attached hydrogens (tertiary/aromatic N) is 2. The number of carbonyl (C=O) groups excluding carboxylic acids is 1. The van der Waals surface area contributed by atoms with Crippen molar-refractivity contribution in [3.63, 3.8) is 0 Å². The van der Waals surface area contributed by atoms with E-state index in [-0.39, 0.29) is 12.1 Å². The van der Waals surface area contributed by atoms with Gasteiger partial charge in [-0.2, -0.15) is 0 Å². The van der Waals surface area contributed by atoms with Crippen LogP contribution >= 0.6 is 0 Å². The molecule has 0 heterocycles. The number of urea groups is 1. The first-order valence-corrected chi connectivity index (χ1v) is 7.42. The molecule has 1 saturated carbocycles. The van der Waals surface area contributed by atoms with Gasteiger partial charge in [0, 0.05) is 20.1 Å². The zero-order valence-electron chi connectivity index (χ0n) is 13.3. The first-order chi connectivity index (χ1) is 9.19. The number of carbonyl (C=O) groups is 2. The molecule has 1 fully saturated rings. The van der Waals surface area contributed by atoms with Crippen molar-refractivity contribution in [3.8, 4) is 0 Å². The molecule has 1 rings (SSSR count). The maximum absolute atomic E-state index is 12.4. The summed E-state index contributed by atoms with van der Waals surface area (Å²) < 4.78 is 0. The smallest absolute Gasteiger partial charge is 0.326 e. The molecule has 0 saturated heterocycles. The summed E-state index contributed by atoms with van der Waals surface area (Å²) in [6.45, 7) is 6.30. The van der Waals surface area contributed by atoms with Crippen LogP contribution in [0.4, 0.5) is 4.79 Å². The van der Waals surface area contributed by atoms with Crippen LogP contribution in [0.15, 0.2) is 0 Å². The van der Waals surface area contributed by atoms with E-state index in [0.29, 0.717) is 11.8 Å². The second-order valence-electron chi connectivity index (χ2n) is 6.66. The molecule has 0 aliphatic heterocycles. The van der Waals surface area contributed by atoms with Crippen LogP contribution in [0.3, 0.4) is 0 Å². The van der Waals surface area contributed by atoms with Gasteiger partial charge in [-0.15, -0.1) is 0 Å². The largest absolute Gasteiger partial charge is 0.480 e. The summed E-state index contributed by atoms with van der Waals surface area (Å²) >= 11 is 0. The molecule has 0 spiro atoms. The minimum atomic E-state index is -0.943. The van der Waals surface area contributed by atoms with Crippen molar-refractivity contribution in [3.05, 3.63) is 0 Å². The van der Waals surface area contributed by atoms with Gasteiger partial charge in [0.2, 0.25) is 0 Å². The number of likely N-dealkylation sites (N-methyl/N-ethyl adjacent to an activating group) is 1. The number of hydrogen-bond acceptors (Lipinski definition) is 2. The molecule has 20 heavy (non-hydrogen) atoms. The van der Waals surface area contributed by atoms with Crippen LogP contribution in [0.1, 0.15) is 52.9 Å². The highest BCUT2D eigenvalue weighted by atomic mass is 16.4. The van der Waals surface area contributed by atoms with E-state index < -0.39 is 12.0 Å². The number of hydrogen-bond donors (Lipinski definition) is 1. The lowest BCUT2D eigenvalue weighted by atomic mass is 9.75. The van der Waals surface area contributed by atoms with Crippen LogP contribution in [-0.4, -0.2) is 53.1 Å². The van der Waals surface area contributed by atoms with Crippen molar-refractivity contribution in [2.75, 3.05) is 14.1 Å². The molecule has 1 atom stereocenters. The maximum atomic E-state index is 12.4. The highest BCUT2D eigenvalue weighted by Gasteiger charge is 2.33. The highest BCUT2D eigenvalue weighted by Crippen LogP contribution is 2.36. The molecule has 0 radical (unpaired) electrons. The van der Waals surface area contributed by atoms with E-state index in [1.165, 1.54) is 4.90 Å². The van der Waals surface area contributed by atoms with Crippen molar-refractivity contribution in [2.24, 2.45) is 5.41 Å². The quantitative estimate of drug-likeness (QED) is 0.863. The van der Waals surface area contributed by atoms with Gasteiger partial charge in [-0.3, -0.25) is 0 Å². The highest BCUT2D eigenvalue weighted by molar-refractivity contribution is 5.82. The fraction of sp³-hybridized carbons (Fsp3) is 0.867. The molecule has 5 heteroatoms. The molecule has 0 aromatic rings. The minimum Gasteiger partial charge on any atom is -0.480 e. The third-order valence-corrected chi connectivity index (χ3v) is 4.60. The Labute approximate surface area is 121 Å². The molecular weight excluding hydrogens is 256 g/mol. The molecular formula is C15H28N2O3. The van der Waals surface area contributed by atoms with E-state index in [0.717, 1.165) is 25.7 Å². The maximum Gasteiger partial charge on any atom is 0.326 e. The van der Waals surface area contributed by atoms with E-state index in [2.05, 4.69) is 13.8 Å². The predicted octanol–water partition coefficient (Wildman–Crippen LogP) is 2.80. The van der Waals surface area contributed by atoms with Crippen LogP contribution in [0.5, 0.6) is 0 Å². The van der Waals surface area contributed by atoms with Gasteiger partial charge in [-0.25, -0.2) is 9.59 Å². The van der Waals surface area contributed by atoms with Gasteiger partial charge in [0.15, 0.2) is 0 Å². The molecule has 116 valence electrons. The summed E-state index contributed by atoms with van der Waals surface area (Å²) in [5.74, 6) is -0.943. The van der Waals surface area contributed by atoms with E-state index in [4.69, 9.17) is 5.11 Å². The summed E-state index contributed by atoms with van der Waals surface area (Å²) in [7, 11) is 3.37. The second-order valence-corrected chi connectivity index (χ2v) is 6.66. The SMILES string of the molecule is CCC(C(=O)O)N(C)C(=O)N(C)C1CCC(C)(C)CC1. The monoisotopic (exact) mass is 284 g/mol. The minimum absolute atomic E-state index is 0.191. The summed E-state index contributed by atoms with van der Waals surface area (Å²) in [6.07, 6.45) is 4.62. The van der Waals surface area contributed by atoms with Gasteiger partial charge in [-0.1, -0.05) is 20.8 Å². The summed E-state index contributed by atoms with van der Waals surface area (Å²) in [6, 6.07) is -0.710. The van der Waals surface area contributed by atoms with Crippen LogP contribution < -0.4 is 0 Å². The molecule has 0 bridgehead atoms. The van der Waals surface area contributed by atoms with Crippen LogP contribution in [0.2, 0.25) is 0 Å². The first-order valence-electron chi connectivity index (χ1n) is 7.42. The zero-order valence-corrected chi connectivity index (χ0v) is 13.3. The van der Waals surface area contributed by atoms with Gasteiger partial charge in [0.25, 0.3) is 0 Å². The molecule has 1 aliphatic carbocycles. The van der Waals surface area contributed by atoms with Crippen molar-refractivity contribution >= 4 is 12.0 Å². The Hall–Kier alpha value is -1.26. The Kier molecular flexibility index (Phi) is 5.42. The van der Waals surface area contributed by atoms with Crippen molar-refractivity contribution in [1.29, 1.82) is 0 Å². The summed E-state index contributed by atoms with van der Waals surface area (Å²) in [5, 5.41) is 9.14. The number of carboxylic acids is 1. The Morgan fingerprint density at radius 2 is 1.75 bits per heavy atom. The van der Waals surface area contributed by atoms with Crippen molar-refractivity contribution in [2.45, 2.75) is 65.0 Å². The molecule has 5 nitrogen and oxygen atoms in total. The van der Waals surface area contributed by atoms with E-state index in [9.17, 15) is 9.59 Å². The van der Waals surface area contributed by atoms with Gasteiger partial charge < -0.3 is 14.9 Å². The molecule has 2 amide bonds. The van der Waals surface area contributed by atoms with Gasteiger partial charge in [-0.05, 0) is 37.5 Å². The zero-order chi connectivity index (χ0) is 15.5. The van der Waals surface area contributed by atoms with Gasteiger partial charge in [0.1, 0.15) is 6.04 Å². The average Bonchev–Trinajstić information content (AvgIpc) is 2.37. The number of carboxylic acid groups (broad SMARTS) is 1. The predicted molar refractivity (Wildman–Crippen MR) is 78.7 cm³/mol. The van der Waals surface area contributed by atoms with Crippen LogP contribution in [0.25, 0.3) is 0 Å². The topological polar surface area (TPSA) is 60.9 Å².